The third-order valence-electron chi connectivity index (χ3n) is 3.43. The van der Waals surface area contributed by atoms with Gasteiger partial charge in [-0.05, 0) is 24.7 Å². The first kappa shape index (κ1) is 16.1. The molecule has 1 saturated heterocycles. The standard InChI is InChI=1S/C13H17F3N2O2S/c1-17-9-10-2-3-12(11(8-10)13(14,15)16)18-4-6-21(19,20)7-5-18/h2-3,8,17H,4-7,9H2,1H3. The van der Waals surface area contributed by atoms with E-state index in [1.165, 1.54) is 11.0 Å². The molecule has 0 unspecified atom stereocenters. The van der Waals surface area contributed by atoms with Crippen LogP contribution in [0.25, 0.3) is 0 Å². The average Bonchev–Trinajstić information content (AvgIpc) is 2.38. The molecule has 118 valence electrons. The molecule has 1 aromatic carbocycles. The highest BCUT2D eigenvalue weighted by molar-refractivity contribution is 7.91. The van der Waals surface area contributed by atoms with Gasteiger partial charge in [-0.3, -0.25) is 0 Å². The molecule has 21 heavy (non-hydrogen) atoms. The Balaban J connectivity index is 2.34. The molecule has 1 aliphatic rings. The van der Waals surface area contributed by atoms with E-state index in [0.717, 1.165) is 6.07 Å². The highest BCUT2D eigenvalue weighted by Crippen LogP contribution is 2.37. The molecule has 1 fully saturated rings. The Morgan fingerprint density at radius 1 is 1.24 bits per heavy atom. The van der Waals surface area contributed by atoms with Crippen LogP contribution in [0.4, 0.5) is 18.9 Å². The molecule has 0 aromatic heterocycles. The smallest absolute Gasteiger partial charge is 0.369 e. The predicted molar refractivity (Wildman–Crippen MR) is 75.1 cm³/mol. The van der Waals surface area contributed by atoms with Crippen LogP contribution in [0.1, 0.15) is 11.1 Å². The highest BCUT2D eigenvalue weighted by Gasteiger charge is 2.36. The van der Waals surface area contributed by atoms with Gasteiger partial charge in [-0.2, -0.15) is 13.2 Å². The molecular weight excluding hydrogens is 305 g/mol. The Morgan fingerprint density at radius 3 is 2.38 bits per heavy atom. The fourth-order valence-electron chi connectivity index (χ4n) is 2.35. The number of anilines is 1. The SMILES string of the molecule is CNCc1ccc(N2CCS(=O)(=O)CC2)c(C(F)(F)F)c1. The van der Waals surface area contributed by atoms with E-state index >= 15 is 0 Å². The lowest BCUT2D eigenvalue weighted by atomic mass is 10.1. The van der Waals surface area contributed by atoms with Crippen molar-refractivity contribution in [3.05, 3.63) is 29.3 Å². The Bertz CT molecular complexity index is 600. The molecule has 0 aliphatic carbocycles. The average molecular weight is 322 g/mol. The van der Waals surface area contributed by atoms with E-state index in [1.807, 2.05) is 0 Å². The van der Waals surface area contributed by atoms with Gasteiger partial charge >= 0.3 is 6.18 Å². The summed E-state index contributed by atoms with van der Waals surface area (Å²) in [6.45, 7) is 0.533. The van der Waals surface area contributed by atoms with Gasteiger partial charge in [0.1, 0.15) is 0 Å². The summed E-state index contributed by atoms with van der Waals surface area (Å²) < 4.78 is 62.4. The lowest BCUT2D eigenvalue weighted by Crippen LogP contribution is -2.41. The van der Waals surface area contributed by atoms with Gasteiger partial charge in [0.25, 0.3) is 0 Å². The van der Waals surface area contributed by atoms with Crippen molar-refractivity contribution in [2.45, 2.75) is 12.7 Å². The van der Waals surface area contributed by atoms with Crippen LogP contribution < -0.4 is 10.2 Å². The summed E-state index contributed by atoms with van der Waals surface area (Å²) in [5, 5.41) is 2.81. The normalized spacial score (nSPS) is 18.8. The number of alkyl halides is 3. The van der Waals surface area contributed by atoms with Crippen molar-refractivity contribution in [1.29, 1.82) is 0 Å². The molecule has 0 amide bonds. The van der Waals surface area contributed by atoms with Crippen molar-refractivity contribution in [2.24, 2.45) is 0 Å². The third-order valence-corrected chi connectivity index (χ3v) is 5.04. The number of nitrogens with zero attached hydrogens (tertiary/aromatic N) is 1. The molecule has 0 saturated carbocycles. The number of sulfone groups is 1. The van der Waals surface area contributed by atoms with Crippen LogP contribution in [-0.4, -0.2) is 40.1 Å². The summed E-state index contributed by atoms with van der Waals surface area (Å²) in [5.41, 5.74) is -0.120. The molecular formula is C13H17F3N2O2S. The lowest BCUT2D eigenvalue weighted by Gasteiger charge is -2.31. The fourth-order valence-corrected chi connectivity index (χ4v) is 3.55. The molecule has 0 radical (unpaired) electrons. The molecule has 0 atom stereocenters. The molecule has 1 N–H and O–H groups in total. The van der Waals surface area contributed by atoms with Crippen LogP contribution in [0.3, 0.4) is 0 Å². The first-order chi connectivity index (χ1) is 9.73. The van der Waals surface area contributed by atoms with Gasteiger partial charge in [0.15, 0.2) is 9.84 Å². The van der Waals surface area contributed by atoms with Crippen LogP contribution in [-0.2, 0) is 22.6 Å². The van der Waals surface area contributed by atoms with E-state index in [2.05, 4.69) is 5.32 Å². The number of halogens is 3. The topological polar surface area (TPSA) is 49.4 Å². The molecule has 1 aromatic rings. The predicted octanol–water partition coefficient (Wildman–Crippen LogP) is 1.66. The quantitative estimate of drug-likeness (QED) is 0.919. The first-order valence-electron chi connectivity index (χ1n) is 6.53. The fraction of sp³-hybridized carbons (Fsp3) is 0.538. The number of hydrogen-bond acceptors (Lipinski definition) is 4. The molecule has 0 bridgehead atoms. The summed E-state index contributed by atoms with van der Waals surface area (Å²) in [5.74, 6) is -0.217. The van der Waals surface area contributed by atoms with E-state index in [1.54, 1.807) is 13.1 Å². The lowest BCUT2D eigenvalue weighted by molar-refractivity contribution is -0.137. The van der Waals surface area contributed by atoms with Crippen LogP contribution in [0, 0.1) is 0 Å². The van der Waals surface area contributed by atoms with Crippen LogP contribution in [0.15, 0.2) is 18.2 Å². The summed E-state index contributed by atoms with van der Waals surface area (Å²) >= 11 is 0. The minimum atomic E-state index is -4.46. The van der Waals surface area contributed by atoms with E-state index in [0.29, 0.717) is 12.1 Å². The molecule has 1 aliphatic heterocycles. The van der Waals surface area contributed by atoms with Crippen LogP contribution in [0.2, 0.25) is 0 Å². The molecule has 1 heterocycles. The van der Waals surface area contributed by atoms with Gasteiger partial charge in [-0.1, -0.05) is 6.07 Å². The summed E-state index contributed by atoms with van der Waals surface area (Å²) in [6.07, 6.45) is -4.46. The second-order valence-corrected chi connectivity index (χ2v) is 7.32. The summed E-state index contributed by atoms with van der Waals surface area (Å²) in [6, 6.07) is 4.17. The molecule has 8 heteroatoms. The van der Waals surface area contributed by atoms with Crippen molar-refractivity contribution < 1.29 is 21.6 Å². The van der Waals surface area contributed by atoms with E-state index < -0.39 is 21.6 Å². The van der Waals surface area contributed by atoms with Gasteiger partial charge in [-0.25, -0.2) is 8.42 Å². The highest BCUT2D eigenvalue weighted by atomic mass is 32.2. The van der Waals surface area contributed by atoms with Crippen LogP contribution >= 0.6 is 0 Å². The van der Waals surface area contributed by atoms with Gasteiger partial charge in [0.05, 0.1) is 17.1 Å². The maximum atomic E-state index is 13.2. The van der Waals surface area contributed by atoms with Gasteiger partial charge < -0.3 is 10.2 Å². The maximum absolute atomic E-state index is 13.2. The molecule has 0 spiro atoms. The van der Waals surface area contributed by atoms with Gasteiger partial charge in [-0.15, -0.1) is 0 Å². The van der Waals surface area contributed by atoms with E-state index in [9.17, 15) is 21.6 Å². The zero-order valence-corrected chi connectivity index (χ0v) is 12.4. The molecule has 2 rings (SSSR count). The van der Waals surface area contributed by atoms with Crippen molar-refractivity contribution in [1.82, 2.24) is 5.32 Å². The van der Waals surface area contributed by atoms with Gasteiger partial charge in [0, 0.05) is 25.3 Å². The zero-order chi connectivity index (χ0) is 15.7. The number of benzene rings is 1. The van der Waals surface area contributed by atoms with E-state index in [-0.39, 0.29) is 30.3 Å². The summed E-state index contributed by atoms with van der Waals surface area (Å²) in [4.78, 5) is 1.49. The number of hydrogen-bond donors (Lipinski definition) is 1. The summed E-state index contributed by atoms with van der Waals surface area (Å²) in [7, 11) is -1.46. The third kappa shape index (κ3) is 3.88. The Hall–Kier alpha value is -1.28. The zero-order valence-electron chi connectivity index (χ0n) is 11.6. The second-order valence-electron chi connectivity index (χ2n) is 5.02. The van der Waals surface area contributed by atoms with E-state index in [4.69, 9.17) is 0 Å². The largest absolute Gasteiger partial charge is 0.418 e. The monoisotopic (exact) mass is 322 g/mol. The van der Waals surface area contributed by atoms with Crippen molar-refractivity contribution in [3.8, 4) is 0 Å². The molecule has 4 nitrogen and oxygen atoms in total. The van der Waals surface area contributed by atoms with Crippen LogP contribution in [0.5, 0.6) is 0 Å². The van der Waals surface area contributed by atoms with Crippen molar-refractivity contribution >= 4 is 15.5 Å². The van der Waals surface area contributed by atoms with Crippen molar-refractivity contribution in [2.75, 3.05) is 36.5 Å². The second kappa shape index (κ2) is 5.84. The number of rotatable bonds is 3. The number of nitrogens with one attached hydrogen (secondary N) is 1. The maximum Gasteiger partial charge on any atom is 0.418 e. The first-order valence-corrected chi connectivity index (χ1v) is 8.35. The minimum absolute atomic E-state index is 0.0530. The Kier molecular flexibility index (Phi) is 4.48. The van der Waals surface area contributed by atoms with Crippen molar-refractivity contribution in [3.63, 3.8) is 0 Å². The Morgan fingerprint density at radius 2 is 1.86 bits per heavy atom. The minimum Gasteiger partial charge on any atom is -0.369 e. The Labute approximate surface area is 121 Å². The van der Waals surface area contributed by atoms with Gasteiger partial charge in [0.2, 0.25) is 0 Å².